The molecule has 104 valence electrons. The minimum atomic E-state index is -3.72. The van der Waals surface area contributed by atoms with Crippen molar-refractivity contribution < 1.29 is 8.42 Å². The van der Waals surface area contributed by atoms with Gasteiger partial charge in [0.25, 0.3) is 0 Å². The molecule has 1 heterocycles. The van der Waals surface area contributed by atoms with E-state index in [1.54, 1.807) is 18.2 Å². The molecule has 0 radical (unpaired) electrons. The van der Waals surface area contributed by atoms with E-state index in [-0.39, 0.29) is 10.3 Å². The van der Waals surface area contributed by atoms with Gasteiger partial charge in [0.2, 0.25) is 10.0 Å². The van der Waals surface area contributed by atoms with Crippen molar-refractivity contribution in [1.82, 2.24) is 4.98 Å². The molecule has 1 aromatic carbocycles. The summed E-state index contributed by atoms with van der Waals surface area (Å²) in [6.45, 7) is 1.90. The number of aromatic nitrogens is 1. The quantitative estimate of drug-likeness (QED) is 0.895. The number of sulfonamides is 1. The van der Waals surface area contributed by atoms with E-state index >= 15 is 0 Å². The Morgan fingerprint density at radius 3 is 2.85 bits per heavy atom. The third-order valence-corrected chi connectivity index (χ3v) is 4.96. The van der Waals surface area contributed by atoms with Gasteiger partial charge in [-0.3, -0.25) is 0 Å². The van der Waals surface area contributed by atoms with Crippen LogP contribution in [-0.2, 0) is 10.0 Å². The minimum Gasteiger partial charge on any atom is -0.355 e. The van der Waals surface area contributed by atoms with Crippen LogP contribution in [0.15, 0.2) is 34.7 Å². The normalized spacial score (nSPS) is 12.7. The maximum atomic E-state index is 11.2. The number of nitrogens with two attached hydrogens (primary N) is 1. The van der Waals surface area contributed by atoms with Crippen molar-refractivity contribution in [3.63, 3.8) is 0 Å². The van der Waals surface area contributed by atoms with E-state index in [1.807, 2.05) is 13.0 Å². The molecule has 1 atom stereocenters. The predicted octanol–water partition coefficient (Wildman–Crippen LogP) is 1.84. The SMILES string of the molecule is CC(Nc1ncc(S(N)(=O)=O)s1)c1cccc(C#N)c1. The summed E-state index contributed by atoms with van der Waals surface area (Å²) in [6.07, 6.45) is 1.22. The number of thiazole rings is 1. The van der Waals surface area contributed by atoms with E-state index < -0.39 is 10.0 Å². The Labute approximate surface area is 120 Å². The van der Waals surface area contributed by atoms with E-state index in [9.17, 15) is 8.42 Å². The lowest BCUT2D eigenvalue weighted by Gasteiger charge is -2.13. The Bertz CT molecular complexity index is 762. The molecule has 6 nitrogen and oxygen atoms in total. The van der Waals surface area contributed by atoms with Crippen LogP contribution in [0.3, 0.4) is 0 Å². The van der Waals surface area contributed by atoms with Gasteiger partial charge in [0.1, 0.15) is 0 Å². The number of anilines is 1. The average molecular weight is 308 g/mol. The standard InChI is InChI=1S/C12H12N4O2S2/c1-8(10-4-2-3-9(5-10)6-13)16-12-15-7-11(19-12)20(14,17)18/h2-5,7-8H,1H3,(H,15,16)(H2,14,17,18). The number of nitriles is 1. The highest BCUT2D eigenvalue weighted by atomic mass is 32.2. The number of primary sulfonamides is 1. The number of nitrogens with one attached hydrogen (secondary N) is 1. The molecular weight excluding hydrogens is 296 g/mol. The number of nitrogens with zero attached hydrogens (tertiary/aromatic N) is 2. The van der Waals surface area contributed by atoms with Crippen LogP contribution in [0.2, 0.25) is 0 Å². The van der Waals surface area contributed by atoms with Crippen LogP contribution in [0, 0.1) is 11.3 Å². The second kappa shape index (κ2) is 5.58. The van der Waals surface area contributed by atoms with Gasteiger partial charge in [-0.2, -0.15) is 5.26 Å². The van der Waals surface area contributed by atoms with Gasteiger partial charge in [-0.05, 0) is 24.6 Å². The Hall–Kier alpha value is -1.95. The molecule has 2 rings (SSSR count). The second-order valence-corrected chi connectivity index (χ2v) is 6.95. The summed E-state index contributed by atoms with van der Waals surface area (Å²) in [5.74, 6) is 0. The van der Waals surface area contributed by atoms with Crippen LogP contribution in [0.1, 0.15) is 24.1 Å². The number of hydrogen-bond acceptors (Lipinski definition) is 6. The monoisotopic (exact) mass is 308 g/mol. The van der Waals surface area contributed by atoms with Gasteiger partial charge in [0.05, 0.1) is 23.9 Å². The fraction of sp³-hybridized carbons (Fsp3) is 0.167. The highest BCUT2D eigenvalue weighted by Crippen LogP contribution is 2.26. The van der Waals surface area contributed by atoms with Crippen molar-refractivity contribution >= 4 is 26.5 Å². The van der Waals surface area contributed by atoms with Crippen molar-refractivity contribution in [2.75, 3.05) is 5.32 Å². The van der Waals surface area contributed by atoms with E-state index in [2.05, 4.69) is 16.4 Å². The van der Waals surface area contributed by atoms with Crippen LogP contribution in [-0.4, -0.2) is 13.4 Å². The second-order valence-electron chi connectivity index (χ2n) is 4.13. The fourth-order valence-electron chi connectivity index (χ4n) is 1.60. The van der Waals surface area contributed by atoms with Gasteiger partial charge < -0.3 is 5.32 Å². The van der Waals surface area contributed by atoms with Gasteiger partial charge >= 0.3 is 0 Å². The number of hydrogen-bond donors (Lipinski definition) is 2. The molecule has 0 saturated heterocycles. The molecule has 0 aliphatic rings. The lowest BCUT2D eigenvalue weighted by atomic mass is 10.1. The first-order chi connectivity index (χ1) is 9.40. The van der Waals surface area contributed by atoms with Crippen LogP contribution < -0.4 is 10.5 Å². The highest BCUT2D eigenvalue weighted by Gasteiger charge is 2.14. The molecule has 20 heavy (non-hydrogen) atoms. The molecule has 1 unspecified atom stereocenters. The molecule has 0 bridgehead atoms. The van der Waals surface area contributed by atoms with Gasteiger partial charge in [-0.25, -0.2) is 18.5 Å². The maximum absolute atomic E-state index is 11.2. The molecular formula is C12H12N4O2S2. The number of rotatable bonds is 4. The Morgan fingerprint density at radius 2 is 2.25 bits per heavy atom. The average Bonchev–Trinajstić information content (AvgIpc) is 2.87. The summed E-state index contributed by atoms with van der Waals surface area (Å²) < 4.78 is 22.4. The molecule has 3 N–H and O–H groups in total. The Morgan fingerprint density at radius 1 is 1.50 bits per heavy atom. The zero-order chi connectivity index (χ0) is 14.8. The van der Waals surface area contributed by atoms with E-state index in [1.165, 1.54) is 6.20 Å². The molecule has 0 saturated carbocycles. The first-order valence-corrected chi connectivity index (χ1v) is 8.01. The van der Waals surface area contributed by atoms with Crippen molar-refractivity contribution in [2.24, 2.45) is 5.14 Å². The molecule has 0 amide bonds. The van der Waals surface area contributed by atoms with Crippen molar-refractivity contribution in [2.45, 2.75) is 17.2 Å². The van der Waals surface area contributed by atoms with Crippen LogP contribution in [0.25, 0.3) is 0 Å². The summed E-state index contributed by atoms with van der Waals surface area (Å²) in [5, 5.41) is 17.4. The van der Waals surface area contributed by atoms with Crippen LogP contribution in [0.4, 0.5) is 5.13 Å². The van der Waals surface area contributed by atoms with Crippen molar-refractivity contribution in [3.8, 4) is 6.07 Å². The summed E-state index contributed by atoms with van der Waals surface area (Å²) in [7, 11) is -3.72. The Kier molecular flexibility index (Phi) is 4.04. The van der Waals surface area contributed by atoms with Crippen LogP contribution in [0.5, 0.6) is 0 Å². The largest absolute Gasteiger partial charge is 0.355 e. The molecule has 0 spiro atoms. The lowest BCUT2D eigenvalue weighted by molar-refractivity contribution is 0.599. The van der Waals surface area contributed by atoms with Gasteiger partial charge in [-0.1, -0.05) is 23.5 Å². The van der Waals surface area contributed by atoms with E-state index in [0.717, 1.165) is 16.9 Å². The summed E-state index contributed by atoms with van der Waals surface area (Å²) in [5.41, 5.74) is 1.48. The highest BCUT2D eigenvalue weighted by molar-refractivity contribution is 7.91. The molecule has 0 aliphatic carbocycles. The molecule has 0 fully saturated rings. The topological polar surface area (TPSA) is 109 Å². The van der Waals surface area contributed by atoms with Gasteiger partial charge in [0.15, 0.2) is 9.34 Å². The van der Waals surface area contributed by atoms with Crippen molar-refractivity contribution in [3.05, 3.63) is 41.6 Å². The maximum Gasteiger partial charge on any atom is 0.249 e. The summed E-state index contributed by atoms with van der Waals surface area (Å²) >= 11 is 0.973. The summed E-state index contributed by atoms with van der Waals surface area (Å²) in [4.78, 5) is 3.97. The fourth-order valence-corrected chi connectivity index (χ4v) is 3.14. The van der Waals surface area contributed by atoms with Gasteiger partial charge in [-0.15, -0.1) is 0 Å². The summed E-state index contributed by atoms with van der Waals surface area (Å²) in [6, 6.07) is 9.13. The van der Waals surface area contributed by atoms with E-state index in [4.69, 9.17) is 10.4 Å². The minimum absolute atomic E-state index is 0.0120. The molecule has 2 aromatic rings. The predicted molar refractivity (Wildman–Crippen MR) is 76.7 cm³/mol. The third kappa shape index (κ3) is 3.33. The molecule has 8 heteroatoms. The third-order valence-electron chi connectivity index (χ3n) is 2.62. The Balaban J connectivity index is 2.17. The molecule has 1 aromatic heterocycles. The molecule has 0 aliphatic heterocycles. The van der Waals surface area contributed by atoms with Crippen molar-refractivity contribution in [1.29, 1.82) is 5.26 Å². The van der Waals surface area contributed by atoms with E-state index in [0.29, 0.717) is 10.7 Å². The first-order valence-electron chi connectivity index (χ1n) is 5.65. The first kappa shape index (κ1) is 14.5. The zero-order valence-electron chi connectivity index (χ0n) is 10.6. The number of benzene rings is 1. The van der Waals surface area contributed by atoms with Gasteiger partial charge in [0, 0.05) is 0 Å². The lowest BCUT2D eigenvalue weighted by Crippen LogP contribution is -2.10. The zero-order valence-corrected chi connectivity index (χ0v) is 12.2. The smallest absolute Gasteiger partial charge is 0.249 e. The van der Waals surface area contributed by atoms with Crippen LogP contribution >= 0.6 is 11.3 Å².